The zero-order valence-corrected chi connectivity index (χ0v) is 12.8. The summed E-state index contributed by atoms with van der Waals surface area (Å²) in [6.45, 7) is 8.66. The van der Waals surface area contributed by atoms with Crippen LogP contribution >= 0.6 is 0 Å². The Bertz CT molecular complexity index is 447. The quantitative estimate of drug-likeness (QED) is 0.904. The maximum Gasteiger partial charge on any atom is 0.0633 e. The Kier molecular flexibility index (Phi) is 3.88. The van der Waals surface area contributed by atoms with E-state index in [1.54, 1.807) is 0 Å². The summed E-state index contributed by atoms with van der Waals surface area (Å²) in [5.41, 5.74) is 5.25. The minimum atomic E-state index is -0.0935. The maximum absolute atomic E-state index is 9.77. The topological polar surface area (TPSA) is 26.7 Å². The molecule has 0 aliphatic carbocycles. The Morgan fingerprint density at radius 2 is 1.79 bits per heavy atom. The van der Waals surface area contributed by atoms with Gasteiger partial charge in [-0.1, -0.05) is 17.7 Å². The highest BCUT2D eigenvalue weighted by molar-refractivity contribution is 5.61. The van der Waals surface area contributed by atoms with Crippen molar-refractivity contribution in [3.8, 4) is 0 Å². The van der Waals surface area contributed by atoms with Gasteiger partial charge < -0.3 is 10.0 Å². The van der Waals surface area contributed by atoms with Crippen LogP contribution < -0.4 is 4.90 Å². The van der Waals surface area contributed by atoms with Crippen LogP contribution in [0.5, 0.6) is 0 Å². The largest absolute Gasteiger partial charge is 0.394 e. The summed E-state index contributed by atoms with van der Waals surface area (Å²) >= 11 is 0. The fraction of sp³-hybridized carbons (Fsp3) is 0.625. The van der Waals surface area contributed by atoms with Crippen molar-refractivity contribution >= 4 is 5.69 Å². The molecule has 3 heteroatoms. The van der Waals surface area contributed by atoms with E-state index < -0.39 is 0 Å². The molecule has 3 nitrogen and oxygen atoms in total. The molecule has 1 N–H and O–H groups in total. The SMILES string of the molecule is Cc1cc(C)c(N2CCC(CO)(N(C)C)C2)c(C)c1. The van der Waals surface area contributed by atoms with Crippen molar-refractivity contribution < 1.29 is 5.11 Å². The van der Waals surface area contributed by atoms with E-state index >= 15 is 0 Å². The Hall–Kier alpha value is -1.06. The first-order chi connectivity index (χ1) is 8.89. The van der Waals surface area contributed by atoms with E-state index in [2.05, 4.69) is 56.8 Å². The van der Waals surface area contributed by atoms with E-state index in [1.807, 2.05) is 0 Å². The maximum atomic E-state index is 9.77. The number of benzene rings is 1. The normalized spacial score (nSPS) is 23.4. The van der Waals surface area contributed by atoms with E-state index in [-0.39, 0.29) is 12.1 Å². The second-order valence-corrected chi connectivity index (χ2v) is 6.20. The molecule has 0 radical (unpaired) electrons. The lowest BCUT2D eigenvalue weighted by Gasteiger charge is -2.35. The minimum Gasteiger partial charge on any atom is -0.394 e. The van der Waals surface area contributed by atoms with Crippen molar-refractivity contribution in [1.82, 2.24) is 4.90 Å². The summed E-state index contributed by atoms with van der Waals surface area (Å²) in [6, 6.07) is 4.49. The van der Waals surface area contributed by atoms with Gasteiger partial charge in [-0.3, -0.25) is 4.90 Å². The third kappa shape index (κ3) is 2.49. The average molecular weight is 262 g/mol. The standard InChI is InChI=1S/C16H26N2O/c1-12-8-13(2)15(14(3)9-12)18-7-6-16(10-18,11-19)17(4)5/h8-9,19H,6-7,10-11H2,1-5H3. The molecule has 0 amide bonds. The molecule has 0 bridgehead atoms. The molecule has 1 atom stereocenters. The van der Waals surface area contributed by atoms with Gasteiger partial charge in [0.2, 0.25) is 0 Å². The predicted molar refractivity (Wildman–Crippen MR) is 81.0 cm³/mol. The highest BCUT2D eigenvalue weighted by Crippen LogP contribution is 2.34. The number of rotatable bonds is 3. The third-order valence-electron chi connectivity index (χ3n) is 4.53. The van der Waals surface area contributed by atoms with Crippen molar-refractivity contribution in [2.45, 2.75) is 32.7 Å². The first-order valence-electron chi connectivity index (χ1n) is 7.01. The van der Waals surface area contributed by atoms with Gasteiger partial charge >= 0.3 is 0 Å². The van der Waals surface area contributed by atoms with E-state index in [0.29, 0.717) is 0 Å². The Labute approximate surface area is 116 Å². The number of aryl methyl sites for hydroxylation is 3. The molecule has 1 aliphatic heterocycles. The van der Waals surface area contributed by atoms with Crippen LogP contribution in [0.2, 0.25) is 0 Å². The van der Waals surface area contributed by atoms with Crippen molar-refractivity contribution in [1.29, 1.82) is 0 Å². The fourth-order valence-electron chi connectivity index (χ4n) is 3.35. The summed E-state index contributed by atoms with van der Waals surface area (Å²) in [5, 5.41) is 9.77. The van der Waals surface area contributed by atoms with Crippen molar-refractivity contribution in [3.63, 3.8) is 0 Å². The van der Waals surface area contributed by atoms with Gasteiger partial charge in [-0.25, -0.2) is 0 Å². The smallest absolute Gasteiger partial charge is 0.0633 e. The zero-order valence-electron chi connectivity index (χ0n) is 12.8. The van der Waals surface area contributed by atoms with Crippen molar-refractivity contribution in [2.24, 2.45) is 0 Å². The number of likely N-dealkylation sites (N-methyl/N-ethyl adjacent to an activating group) is 1. The van der Waals surface area contributed by atoms with Crippen molar-refractivity contribution in [2.75, 3.05) is 38.7 Å². The molecule has 1 aromatic rings. The zero-order chi connectivity index (χ0) is 14.2. The molecule has 1 aliphatic rings. The highest BCUT2D eigenvalue weighted by Gasteiger charge is 2.40. The van der Waals surface area contributed by atoms with Gasteiger partial charge in [-0.15, -0.1) is 0 Å². The van der Waals surface area contributed by atoms with Crippen LogP contribution in [-0.2, 0) is 0 Å². The lowest BCUT2D eigenvalue weighted by molar-refractivity contribution is 0.0867. The second kappa shape index (κ2) is 5.14. The summed E-state index contributed by atoms with van der Waals surface area (Å²) in [6.07, 6.45) is 1.02. The number of anilines is 1. The molecule has 0 spiro atoms. The average Bonchev–Trinajstić information content (AvgIpc) is 2.73. The summed E-state index contributed by atoms with van der Waals surface area (Å²) in [4.78, 5) is 4.60. The van der Waals surface area contributed by atoms with E-state index in [0.717, 1.165) is 19.5 Å². The van der Waals surface area contributed by atoms with Crippen LogP contribution in [0.1, 0.15) is 23.1 Å². The van der Waals surface area contributed by atoms with Crippen LogP contribution in [0, 0.1) is 20.8 Å². The monoisotopic (exact) mass is 262 g/mol. The van der Waals surface area contributed by atoms with Crippen LogP contribution in [0.4, 0.5) is 5.69 Å². The van der Waals surface area contributed by atoms with Crippen LogP contribution in [0.15, 0.2) is 12.1 Å². The number of hydrogen-bond acceptors (Lipinski definition) is 3. The number of aliphatic hydroxyl groups is 1. The Balaban J connectivity index is 2.31. The molecule has 1 heterocycles. The lowest BCUT2D eigenvalue weighted by atomic mass is 9.98. The van der Waals surface area contributed by atoms with Gasteiger partial charge in [-0.2, -0.15) is 0 Å². The molecular weight excluding hydrogens is 236 g/mol. The number of hydrogen-bond donors (Lipinski definition) is 1. The Morgan fingerprint density at radius 1 is 1.21 bits per heavy atom. The van der Waals surface area contributed by atoms with E-state index in [4.69, 9.17) is 0 Å². The van der Waals surface area contributed by atoms with Gasteiger partial charge in [0.25, 0.3) is 0 Å². The molecule has 0 saturated carbocycles. The molecule has 106 valence electrons. The molecule has 0 aromatic heterocycles. The minimum absolute atomic E-state index is 0.0935. The summed E-state index contributed by atoms with van der Waals surface area (Å²) in [5.74, 6) is 0. The lowest BCUT2D eigenvalue weighted by Crippen LogP contribution is -2.49. The van der Waals surface area contributed by atoms with Gasteiger partial charge in [-0.05, 0) is 52.4 Å². The molecule has 1 fully saturated rings. The first kappa shape index (κ1) is 14.4. The van der Waals surface area contributed by atoms with Crippen LogP contribution in [-0.4, -0.2) is 49.3 Å². The molecule has 1 saturated heterocycles. The fourth-order valence-corrected chi connectivity index (χ4v) is 3.35. The summed E-state index contributed by atoms with van der Waals surface area (Å²) < 4.78 is 0. The van der Waals surface area contributed by atoms with Gasteiger partial charge in [0, 0.05) is 18.8 Å². The van der Waals surface area contributed by atoms with Gasteiger partial charge in [0.1, 0.15) is 0 Å². The second-order valence-electron chi connectivity index (χ2n) is 6.20. The molecular formula is C16H26N2O. The number of nitrogens with zero attached hydrogens (tertiary/aromatic N) is 2. The van der Waals surface area contributed by atoms with Crippen molar-refractivity contribution in [3.05, 3.63) is 28.8 Å². The van der Waals surface area contributed by atoms with E-state index in [1.165, 1.54) is 22.4 Å². The number of aliphatic hydroxyl groups excluding tert-OH is 1. The molecule has 1 unspecified atom stereocenters. The third-order valence-corrected chi connectivity index (χ3v) is 4.53. The van der Waals surface area contributed by atoms with Crippen LogP contribution in [0.25, 0.3) is 0 Å². The predicted octanol–water partition coefficient (Wildman–Crippen LogP) is 2.11. The summed E-state index contributed by atoms with van der Waals surface area (Å²) in [7, 11) is 4.13. The van der Waals surface area contributed by atoms with Gasteiger partial charge in [0.05, 0.1) is 12.1 Å². The van der Waals surface area contributed by atoms with Gasteiger partial charge in [0.15, 0.2) is 0 Å². The first-order valence-corrected chi connectivity index (χ1v) is 7.01. The van der Waals surface area contributed by atoms with Crippen LogP contribution in [0.3, 0.4) is 0 Å². The molecule has 2 rings (SSSR count). The Morgan fingerprint density at radius 3 is 2.21 bits per heavy atom. The molecule has 1 aromatic carbocycles. The van der Waals surface area contributed by atoms with E-state index in [9.17, 15) is 5.11 Å². The molecule has 19 heavy (non-hydrogen) atoms. The highest BCUT2D eigenvalue weighted by atomic mass is 16.3.